The molecular weight excluding hydrogens is 420 g/mol. The summed E-state index contributed by atoms with van der Waals surface area (Å²) in [6.07, 6.45) is 11.8. The molecule has 2 aliphatic carbocycles. The minimum absolute atomic E-state index is 0.0808. The lowest BCUT2D eigenvalue weighted by Crippen LogP contribution is -2.47. The zero-order valence-corrected chi connectivity index (χ0v) is 19.9. The molecule has 0 spiro atoms. The number of esters is 1. The van der Waals surface area contributed by atoms with Crippen LogP contribution in [-0.2, 0) is 23.9 Å². The van der Waals surface area contributed by atoms with Gasteiger partial charge in [-0.15, -0.1) is 0 Å². The van der Waals surface area contributed by atoms with Crippen LogP contribution < -0.4 is 0 Å². The van der Waals surface area contributed by atoms with Crippen molar-refractivity contribution in [2.24, 2.45) is 23.2 Å². The SMILES string of the molecule is C=C(C=O)C[C@H]1C(=O)C=C2[C@@H](OC(=O)/C=C/C=C/C(C)=C/C(C)CC)CC[C@@H](C(=O)O)[C@@]21C. The number of fused-ring (bicyclic) bond motifs is 1. The first-order valence-corrected chi connectivity index (χ1v) is 11.4. The Balaban J connectivity index is 2.17. The minimum atomic E-state index is -1.04. The predicted octanol–water partition coefficient (Wildman–Crippen LogP) is 4.77. The molecule has 1 saturated carbocycles. The van der Waals surface area contributed by atoms with E-state index in [1.165, 1.54) is 12.2 Å². The largest absolute Gasteiger partial charge is 0.481 e. The van der Waals surface area contributed by atoms with Crippen LogP contribution in [0, 0.1) is 23.2 Å². The van der Waals surface area contributed by atoms with Gasteiger partial charge in [0, 0.05) is 17.4 Å². The first-order valence-electron chi connectivity index (χ1n) is 11.4. The predicted molar refractivity (Wildman–Crippen MR) is 126 cm³/mol. The summed E-state index contributed by atoms with van der Waals surface area (Å²) in [6, 6.07) is 0. The summed E-state index contributed by atoms with van der Waals surface area (Å²) in [5, 5.41) is 9.81. The Hall–Kier alpha value is -3.02. The third kappa shape index (κ3) is 6.06. The number of carboxylic acids is 1. The second-order valence-corrected chi connectivity index (χ2v) is 9.23. The number of hydrogen-bond donors (Lipinski definition) is 1. The van der Waals surface area contributed by atoms with Crippen LogP contribution in [0.4, 0.5) is 0 Å². The lowest BCUT2D eigenvalue weighted by molar-refractivity contribution is -0.152. The number of ether oxygens (including phenoxy) is 1. The number of carbonyl (C=O) groups excluding carboxylic acids is 3. The highest BCUT2D eigenvalue weighted by molar-refractivity contribution is 5.99. The summed E-state index contributed by atoms with van der Waals surface area (Å²) in [5.41, 5.74) is 0.807. The number of aldehydes is 1. The lowest BCUT2D eigenvalue weighted by atomic mass is 9.59. The van der Waals surface area contributed by atoms with Gasteiger partial charge >= 0.3 is 11.9 Å². The standard InChI is InChI=1S/C27H34O6/c1-6-17(2)13-18(3)9-7-8-10-25(30)33-24-12-11-20(26(31)32)27(5)21(14-19(4)16-28)23(29)15-22(24)27/h7-10,13,15-17,20-21,24H,4,6,11-12,14H2,1-3,5H3,(H,31,32)/b9-7+,10-8+,18-13+/t17?,20-,21-,24-,27+/m0/s1. The first kappa shape index (κ1) is 26.2. The number of carbonyl (C=O) groups is 4. The van der Waals surface area contributed by atoms with Gasteiger partial charge in [0.2, 0.25) is 0 Å². The van der Waals surface area contributed by atoms with E-state index >= 15 is 0 Å². The Morgan fingerprint density at radius 1 is 1.30 bits per heavy atom. The molecule has 6 heteroatoms. The van der Waals surface area contributed by atoms with Crippen LogP contribution in [0.5, 0.6) is 0 Å². The second kappa shape index (κ2) is 11.2. The number of allylic oxidation sites excluding steroid dienone is 7. The van der Waals surface area contributed by atoms with E-state index in [0.29, 0.717) is 24.2 Å². The molecule has 5 atom stereocenters. The molecule has 0 radical (unpaired) electrons. The van der Waals surface area contributed by atoms with Gasteiger partial charge in [-0.25, -0.2) is 4.79 Å². The minimum Gasteiger partial charge on any atom is -0.481 e. The van der Waals surface area contributed by atoms with Gasteiger partial charge in [-0.05, 0) is 49.3 Å². The Bertz CT molecular complexity index is 934. The first-order chi connectivity index (χ1) is 15.5. The van der Waals surface area contributed by atoms with Gasteiger partial charge in [0.1, 0.15) is 12.4 Å². The Kier molecular flexibility index (Phi) is 8.91. The molecule has 2 rings (SSSR count). The second-order valence-electron chi connectivity index (χ2n) is 9.23. The maximum Gasteiger partial charge on any atom is 0.331 e. The van der Waals surface area contributed by atoms with E-state index in [1.54, 1.807) is 19.1 Å². The molecular formula is C27H34O6. The molecule has 2 aliphatic rings. The average molecular weight is 455 g/mol. The van der Waals surface area contributed by atoms with E-state index in [1.807, 2.05) is 13.0 Å². The molecule has 33 heavy (non-hydrogen) atoms. The maximum atomic E-state index is 12.8. The number of hydrogen-bond acceptors (Lipinski definition) is 5. The molecule has 1 unspecified atom stereocenters. The van der Waals surface area contributed by atoms with Gasteiger partial charge in [-0.2, -0.15) is 0 Å². The van der Waals surface area contributed by atoms with Crippen molar-refractivity contribution in [3.05, 3.63) is 59.8 Å². The van der Waals surface area contributed by atoms with Crippen LogP contribution in [0.2, 0.25) is 0 Å². The third-order valence-corrected chi connectivity index (χ3v) is 6.86. The van der Waals surface area contributed by atoms with Crippen molar-refractivity contribution in [1.82, 2.24) is 0 Å². The molecule has 0 saturated heterocycles. The van der Waals surface area contributed by atoms with E-state index in [0.717, 1.165) is 12.0 Å². The van der Waals surface area contributed by atoms with E-state index in [9.17, 15) is 24.3 Å². The van der Waals surface area contributed by atoms with Gasteiger partial charge in [-0.1, -0.05) is 63.6 Å². The normalized spacial score (nSPS) is 28.5. The molecule has 6 nitrogen and oxygen atoms in total. The molecule has 178 valence electrons. The van der Waals surface area contributed by atoms with E-state index < -0.39 is 35.3 Å². The van der Waals surface area contributed by atoms with E-state index in [-0.39, 0.29) is 24.2 Å². The van der Waals surface area contributed by atoms with Gasteiger partial charge in [0.05, 0.1) is 5.92 Å². The molecule has 1 N–H and O–H groups in total. The van der Waals surface area contributed by atoms with Crippen molar-refractivity contribution in [3.63, 3.8) is 0 Å². The van der Waals surface area contributed by atoms with Crippen molar-refractivity contribution in [1.29, 1.82) is 0 Å². The highest BCUT2D eigenvalue weighted by atomic mass is 16.5. The van der Waals surface area contributed by atoms with Gasteiger partial charge < -0.3 is 9.84 Å². The monoisotopic (exact) mass is 454 g/mol. The zero-order chi connectivity index (χ0) is 24.8. The third-order valence-electron chi connectivity index (χ3n) is 6.86. The Labute approximate surface area is 195 Å². The number of ketones is 1. The van der Waals surface area contributed by atoms with Crippen LogP contribution in [0.3, 0.4) is 0 Å². The lowest BCUT2D eigenvalue weighted by Gasteiger charge is -2.45. The molecule has 1 fully saturated rings. The molecule has 0 aliphatic heterocycles. The summed E-state index contributed by atoms with van der Waals surface area (Å²) in [7, 11) is 0. The maximum absolute atomic E-state index is 12.8. The molecule has 0 aromatic carbocycles. The topological polar surface area (TPSA) is 97.7 Å². The van der Waals surface area contributed by atoms with Gasteiger partial charge in [0.15, 0.2) is 5.78 Å². The van der Waals surface area contributed by atoms with Crippen LogP contribution >= 0.6 is 0 Å². The fraction of sp³-hybridized carbons (Fsp3) is 0.481. The highest BCUT2D eigenvalue weighted by Crippen LogP contribution is 2.56. The van der Waals surface area contributed by atoms with Crippen molar-refractivity contribution in [2.45, 2.75) is 59.5 Å². The summed E-state index contributed by atoms with van der Waals surface area (Å²) in [4.78, 5) is 48.3. The Morgan fingerprint density at radius 3 is 2.58 bits per heavy atom. The summed E-state index contributed by atoms with van der Waals surface area (Å²) in [5.74, 6) is -2.87. The van der Waals surface area contributed by atoms with Crippen molar-refractivity contribution < 1.29 is 29.0 Å². The average Bonchev–Trinajstić information content (AvgIpc) is 3.01. The van der Waals surface area contributed by atoms with Crippen molar-refractivity contribution >= 4 is 24.0 Å². The van der Waals surface area contributed by atoms with E-state index in [4.69, 9.17) is 4.74 Å². The molecule has 0 bridgehead atoms. The summed E-state index contributed by atoms with van der Waals surface area (Å²) >= 11 is 0. The van der Waals surface area contributed by atoms with Gasteiger partial charge in [-0.3, -0.25) is 14.4 Å². The fourth-order valence-electron chi connectivity index (χ4n) is 4.83. The van der Waals surface area contributed by atoms with E-state index in [2.05, 4.69) is 26.5 Å². The van der Waals surface area contributed by atoms with Crippen LogP contribution in [0.15, 0.2) is 59.8 Å². The number of carboxylic acid groups (broad SMARTS) is 1. The number of aliphatic carboxylic acids is 1. The smallest absolute Gasteiger partial charge is 0.331 e. The van der Waals surface area contributed by atoms with Crippen LogP contribution in [-0.4, -0.2) is 35.2 Å². The van der Waals surface area contributed by atoms with Crippen molar-refractivity contribution in [3.8, 4) is 0 Å². The molecule has 0 aromatic heterocycles. The highest BCUT2D eigenvalue weighted by Gasteiger charge is 2.58. The quantitative estimate of drug-likeness (QED) is 0.221. The van der Waals surface area contributed by atoms with Crippen molar-refractivity contribution in [2.75, 3.05) is 0 Å². The fourth-order valence-corrected chi connectivity index (χ4v) is 4.83. The summed E-state index contributed by atoms with van der Waals surface area (Å²) < 4.78 is 5.64. The van der Waals surface area contributed by atoms with Gasteiger partial charge in [0.25, 0.3) is 0 Å². The summed E-state index contributed by atoms with van der Waals surface area (Å²) in [6.45, 7) is 11.6. The molecule has 0 aromatic rings. The molecule has 0 amide bonds. The number of rotatable bonds is 10. The zero-order valence-electron chi connectivity index (χ0n) is 19.9. The molecule has 0 heterocycles. The Morgan fingerprint density at radius 2 is 1.97 bits per heavy atom. The van der Waals surface area contributed by atoms with Crippen LogP contribution in [0.1, 0.15) is 53.4 Å². The van der Waals surface area contributed by atoms with Crippen LogP contribution in [0.25, 0.3) is 0 Å².